The molecule has 2 rings (SSSR count). The van der Waals surface area contributed by atoms with Crippen LogP contribution in [-0.2, 0) is 6.54 Å². The normalized spacial score (nSPS) is 10.0. The summed E-state index contributed by atoms with van der Waals surface area (Å²) in [6.45, 7) is 0.470. The Morgan fingerprint density at radius 3 is 2.24 bits per heavy atom. The highest BCUT2D eigenvalue weighted by atomic mass is 16.6. The van der Waals surface area contributed by atoms with Crippen molar-refractivity contribution in [3.05, 3.63) is 58.1 Å². The topological polar surface area (TPSA) is 73.6 Å². The highest BCUT2D eigenvalue weighted by Crippen LogP contribution is 2.29. The van der Waals surface area contributed by atoms with Crippen LogP contribution < -0.4 is 14.8 Å². The van der Waals surface area contributed by atoms with Gasteiger partial charge in [-0.05, 0) is 23.8 Å². The van der Waals surface area contributed by atoms with Gasteiger partial charge in [0, 0.05) is 18.7 Å². The summed E-state index contributed by atoms with van der Waals surface area (Å²) in [5.41, 5.74) is 1.44. The molecule has 0 radical (unpaired) electrons. The zero-order chi connectivity index (χ0) is 15.2. The molecule has 0 unspecified atom stereocenters. The van der Waals surface area contributed by atoms with Gasteiger partial charge in [-0.1, -0.05) is 12.1 Å². The second-order valence-corrected chi connectivity index (χ2v) is 4.34. The van der Waals surface area contributed by atoms with Crippen molar-refractivity contribution in [2.45, 2.75) is 6.54 Å². The standard InChI is InChI=1S/C15H16N2O4/c1-20-12-5-3-11(4-6-12)10-16-14-9-13(21-2)7-8-15(14)17(18)19/h3-9,16H,10H2,1-2H3. The summed E-state index contributed by atoms with van der Waals surface area (Å²) < 4.78 is 10.2. The van der Waals surface area contributed by atoms with Gasteiger partial charge in [-0.25, -0.2) is 0 Å². The minimum atomic E-state index is -0.421. The highest BCUT2D eigenvalue weighted by molar-refractivity contribution is 5.64. The number of nitrogens with one attached hydrogen (secondary N) is 1. The molecule has 0 amide bonds. The number of nitro groups is 1. The third kappa shape index (κ3) is 3.62. The Kier molecular flexibility index (Phi) is 4.61. The Balaban J connectivity index is 2.15. The van der Waals surface area contributed by atoms with Crippen molar-refractivity contribution in [2.24, 2.45) is 0 Å². The molecular weight excluding hydrogens is 272 g/mol. The van der Waals surface area contributed by atoms with Gasteiger partial charge in [0.15, 0.2) is 0 Å². The van der Waals surface area contributed by atoms with Gasteiger partial charge in [-0.15, -0.1) is 0 Å². The Morgan fingerprint density at radius 1 is 1.05 bits per heavy atom. The molecule has 0 saturated carbocycles. The Labute approximate surface area is 122 Å². The monoisotopic (exact) mass is 288 g/mol. The van der Waals surface area contributed by atoms with Crippen molar-refractivity contribution in [1.82, 2.24) is 0 Å². The van der Waals surface area contributed by atoms with Crippen LogP contribution in [0.2, 0.25) is 0 Å². The first-order chi connectivity index (χ1) is 10.1. The Morgan fingerprint density at radius 2 is 1.67 bits per heavy atom. The van der Waals surface area contributed by atoms with Crippen LogP contribution in [0, 0.1) is 10.1 Å². The van der Waals surface area contributed by atoms with Crippen molar-refractivity contribution in [1.29, 1.82) is 0 Å². The second-order valence-electron chi connectivity index (χ2n) is 4.34. The van der Waals surface area contributed by atoms with Crippen LogP contribution in [0.5, 0.6) is 11.5 Å². The molecule has 0 bridgehead atoms. The van der Waals surface area contributed by atoms with Gasteiger partial charge < -0.3 is 14.8 Å². The van der Waals surface area contributed by atoms with Crippen molar-refractivity contribution in [3.63, 3.8) is 0 Å². The number of benzene rings is 2. The van der Waals surface area contributed by atoms with E-state index in [1.165, 1.54) is 13.2 Å². The van der Waals surface area contributed by atoms with E-state index in [0.717, 1.165) is 11.3 Å². The summed E-state index contributed by atoms with van der Waals surface area (Å²) in [7, 11) is 3.13. The summed E-state index contributed by atoms with van der Waals surface area (Å²) >= 11 is 0. The average molecular weight is 288 g/mol. The van der Waals surface area contributed by atoms with Crippen LogP contribution in [0.25, 0.3) is 0 Å². The molecule has 0 saturated heterocycles. The fraction of sp³-hybridized carbons (Fsp3) is 0.200. The van der Waals surface area contributed by atoms with Crippen LogP contribution in [0.15, 0.2) is 42.5 Å². The maximum absolute atomic E-state index is 11.0. The first kappa shape index (κ1) is 14.6. The lowest BCUT2D eigenvalue weighted by Gasteiger charge is -2.09. The van der Waals surface area contributed by atoms with Gasteiger partial charge in [0.05, 0.1) is 19.1 Å². The van der Waals surface area contributed by atoms with E-state index in [2.05, 4.69) is 5.32 Å². The first-order valence-corrected chi connectivity index (χ1v) is 6.33. The number of ether oxygens (including phenoxy) is 2. The smallest absolute Gasteiger partial charge is 0.292 e. The van der Waals surface area contributed by atoms with Gasteiger partial charge in [0.25, 0.3) is 5.69 Å². The van der Waals surface area contributed by atoms with Gasteiger partial charge in [0.1, 0.15) is 17.2 Å². The molecule has 6 heteroatoms. The van der Waals surface area contributed by atoms with Crippen molar-refractivity contribution < 1.29 is 14.4 Å². The molecule has 21 heavy (non-hydrogen) atoms. The van der Waals surface area contributed by atoms with Crippen LogP contribution in [0.1, 0.15) is 5.56 Å². The number of hydrogen-bond acceptors (Lipinski definition) is 5. The van der Waals surface area contributed by atoms with Crippen molar-refractivity contribution in [3.8, 4) is 11.5 Å². The van der Waals surface area contributed by atoms with E-state index in [9.17, 15) is 10.1 Å². The van der Waals surface area contributed by atoms with Gasteiger partial charge >= 0.3 is 0 Å². The predicted octanol–water partition coefficient (Wildman–Crippen LogP) is 3.22. The van der Waals surface area contributed by atoms with Gasteiger partial charge in [-0.3, -0.25) is 10.1 Å². The summed E-state index contributed by atoms with van der Waals surface area (Å²) in [4.78, 5) is 10.6. The van der Waals surface area contributed by atoms with Gasteiger partial charge in [-0.2, -0.15) is 0 Å². The third-order valence-electron chi connectivity index (χ3n) is 3.04. The van der Waals surface area contributed by atoms with E-state index in [1.807, 2.05) is 24.3 Å². The van der Waals surface area contributed by atoms with Crippen LogP contribution in [0.3, 0.4) is 0 Å². The molecule has 0 spiro atoms. The predicted molar refractivity (Wildman–Crippen MR) is 80.0 cm³/mol. The largest absolute Gasteiger partial charge is 0.497 e. The summed E-state index contributed by atoms with van der Waals surface area (Å²) in [6.07, 6.45) is 0. The molecule has 0 aromatic heterocycles. The third-order valence-corrected chi connectivity index (χ3v) is 3.04. The maximum atomic E-state index is 11.0. The fourth-order valence-corrected chi connectivity index (χ4v) is 1.88. The van der Waals surface area contributed by atoms with Gasteiger partial charge in [0.2, 0.25) is 0 Å². The molecule has 1 N–H and O–H groups in total. The van der Waals surface area contributed by atoms with E-state index in [0.29, 0.717) is 18.0 Å². The Hall–Kier alpha value is -2.76. The number of rotatable bonds is 6. The maximum Gasteiger partial charge on any atom is 0.292 e. The number of anilines is 1. The van der Waals surface area contributed by atoms with Crippen LogP contribution >= 0.6 is 0 Å². The summed E-state index contributed by atoms with van der Waals surface area (Å²) in [5, 5.41) is 14.1. The molecule has 2 aromatic carbocycles. The molecule has 0 aliphatic carbocycles. The minimum Gasteiger partial charge on any atom is -0.497 e. The molecule has 6 nitrogen and oxygen atoms in total. The molecule has 0 fully saturated rings. The molecule has 0 aliphatic heterocycles. The van der Waals surface area contributed by atoms with Crippen molar-refractivity contribution in [2.75, 3.05) is 19.5 Å². The number of nitro benzene ring substituents is 1. The molecule has 110 valence electrons. The average Bonchev–Trinajstić information content (AvgIpc) is 2.52. The second kappa shape index (κ2) is 6.60. The number of nitrogens with zero attached hydrogens (tertiary/aromatic N) is 1. The van der Waals surface area contributed by atoms with E-state index in [4.69, 9.17) is 9.47 Å². The zero-order valence-corrected chi connectivity index (χ0v) is 11.8. The van der Waals surface area contributed by atoms with Crippen LogP contribution in [0.4, 0.5) is 11.4 Å². The number of hydrogen-bond donors (Lipinski definition) is 1. The lowest BCUT2D eigenvalue weighted by atomic mass is 10.2. The Bertz CT molecular complexity index is 626. The van der Waals surface area contributed by atoms with Crippen molar-refractivity contribution >= 4 is 11.4 Å². The first-order valence-electron chi connectivity index (χ1n) is 6.33. The fourth-order valence-electron chi connectivity index (χ4n) is 1.88. The lowest BCUT2D eigenvalue weighted by Crippen LogP contribution is -2.03. The molecular formula is C15H16N2O4. The SMILES string of the molecule is COc1ccc(CNc2cc(OC)ccc2[N+](=O)[O-])cc1. The van der Waals surface area contributed by atoms with E-state index in [1.54, 1.807) is 19.2 Å². The molecule has 0 aliphatic rings. The minimum absolute atomic E-state index is 0.0179. The highest BCUT2D eigenvalue weighted by Gasteiger charge is 2.14. The lowest BCUT2D eigenvalue weighted by molar-refractivity contribution is -0.384. The van der Waals surface area contributed by atoms with E-state index in [-0.39, 0.29) is 5.69 Å². The quantitative estimate of drug-likeness (QED) is 0.652. The molecule has 2 aromatic rings. The molecule has 0 atom stereocenters. The van der Waals surface area contributed by atoms with E-state index >= 15 is 0 Å². The zero-order valence-electron chi connectivity index (χ0n) is 11.8. The summed E-state index contributed by atoms with van der Waals surface area (Å²) in [6, 6.07) is 12.1. The van der Waals surface area contributed by atoms with Crippen LogP contribution in [-0.4, -0.2) is 19.1 Å². The number of methoxy groups -OCH3 is 2. The van der Waals surface area contributed by atoms with E-state index < -0.39 is 4.92 Å². The molecule has 0 heterocycles. The summed E-state index contributed by atoms with van der Waals surface area (Å²) in [5.74, 6) is 1.34.